The smallest absolute Gasteiger partial charge is 0.329 e. The number of aryl methyl sites for hydroxylation is 1. The van der Waals surface area contributed by atoms with Crippen LogP contribution < -0.4 is 9.47 Å². The van der Waals surface area contributed by atoms with Crippen LogP contribution in [0.2, 0.25) is 0 Å². The molecule has 2 bridgehead atoms. The number of rotatable bonds is 4. The number of esters is 2. The number of benzene rings is 1. The van der Waals surface area contributed by atoms with Gasteiger partial charge in [0.1, 0.15) is 35.3 Å². The summed E-state index contributed by atoms with van der Waals surface area (Å²) in [6.45, 7) is 7.71. The van der Waals surface area contributed by atoms with Crippen molar-refractivity contribution < 1.29 is 33.3 Å². The topological polar surface area (TPSA) is 117 Å². The Hall–Kier alpha value is -3.43. The Kier molecular flexibility index (Phi) is 9.95. The van der Waals surface area contributed by atoms with Gasteiger partial charge in [-0.2, -0.15) is 0 Å². The van der Waals surface area contributed by atoms with Gasteiger partial charge in [-0.25, -0.2) is 14.8 Å². The largest absolute Gasteiger partial charge is 0.497 e. The summed E-state index contributed by atoms with van der Waals surface area (Å²) in [5.74, 6) is -0.252. The van der Waals surface area contributed by atoms with Crippen LogP contribution in [-0.2, 0) is 30.3 Å². The molecule has 1 aromatic carbocycles. The molecule has 3 heterocycles. The van der Waals surface area contributed by atoms with Crippen molar-refractivity contribution in [1.29, 1.82) is 0 Å². The predicted octanol–water partition coefficient (Wildman–Crippen LogP) is 6.21. The first-order valence-corrected chi connectivity index (χ1v) is 17.8. The molecule has 1 aromatic heterocycles. The number of aromatic nitrogens is 2. The zero-order valence-electron chi connectivity index (χ0n) is 28.7. The molecule has 2 aliphatic heterocycles. The number of nitrogens with zero attached hydrogens (tertiary/aromatic N) is 3. The zero-order chi connectivity index (χ0) is 33.3. The zero-order valence-corrected chi connectivity index (χ0v) is 28.7. The van der Waals surface area contributed by atoms with E-state index in [1.165, 1.54) is 0 Å². The third-order valence-corrected chi connectivity index (χ3v) is 10.5. The Bertz CT molecular complexity index is 1470. The lowest BCUT2D eigenvalue weighted by atomic mass is 9.86. The second-order valence-corrected chi connectivity index (χ2v) is 15.0. The van der Waals surface area contributed by atoms with Crippen molar-refractivity contribution in [1.82, 2.24) is 14.9 Å². The molecule has 256 valence electrons. The van der Waals surface area contributed by atoms with Crippen molar-refractivity contribution in [3.05, 3.63) is 23.9 Å². The molecule has 2 aromatic rings. The number of hydrogen-bond donors (Lipinski definition) is 0. The summed E-state index contributed by atoms with van der Waals surface area (Å²) in [5, 5.41) is 0. The van der Waals surface area contributed by atoms with Gasteiger partial charge in [0.25, 0.3) is 0 Å². The van der Waals surface area contributed by atoms with Gasteiger partial charge in [-0.15, -0.1) is 0 Å². The van der Waals surface area contributed by atoms with Gasteiger partial charge in [-0.05, 0) is 89.7 Å². The summed E-state index contributed by atoms with van der Waals surface area (Å²) in [5.41, 5.74) is 1.46. The van der Waals surface area contributed by atoms with E-state index in [2.05, 4.69) is 0 Å². The molecule has 0 unspecified atom stereocenters. The molecule has 0 radical (unpaired) electrons. The molecule has 1 saturated heterocycles. The first kappa shape index (κ1) is 33.5. The highest BCUT2D eigenvalue weighted by atomic mass is 16.6. The summed E-state index contributed by atoms with van der Waals surface area (Å²) in [4.78, 5) is 53.5. The molecule has 6 atom stereocenters. The molecule has 2 saturated carbocycles. The van der Waals surface area contributed by atoms with Crippen LogP contribution in [0.5, 0.6) is 11.6 Å². The molecular formula is C37H51N3O7. The fourth-order valence-corrected chi connectivity index (χ4v) is 7.93. The van der Waals surface area contributed by atoms with Crippen LogP contribution >= 0.6 is 0 Å². The fourth-order valence-electron chi connectivity index (χ4n) is 7.93. The number of ether oxygens (including phenoxy) is 4. The summed E-state index contributed by atoms with van der Waals surface area (Å²) < 4.78 is 24.1. The van der Waals surface area contributed by atoms with Crippen molar-refractivity contribution in [3.63, 3.8) is 0 Å². The molecule has 6 rings (SSSR count). The Morgan fingerprint density at radius 1 is 0.957 bits per heavy atom. The van der Waals surface area contributed by atoms with Crippen LogP contribution in [0, 0.1) is 23.7 Å². The van der Waals surface area contributed by atoms with Gasteiger partial charge in [-0.1, -0.05) is 32.6 Å². The maximum atomic E-state index is 14.7. The van der Waals surface area contributed by atoms with Crippen LogP contribution in [0.3, 0.4) is 0 Å². The van der Waals surface area contributed by atoms with Gasteiger partial charge in [0.2, 0.25) is 11.8 Å². The van der Waals surface area contributed by atoms with E-state index in [1.807, 2.05) is 45.9 Å². The average Bonchev–Trinajstić information content (AvgIpc) is 3.37. The average molecular weight is 650 g/mol. The minimum Gasteiger partial charge on any atom is -0.497 e. The second kappa shape index (κ2) is 14.0. The molecule has 3 fully saturated rings. The van der Waals surface area contributed by atoms with Crippen LogP contribution in [0.15, 0.2) is 18.2 Å². The lowest BCUT2D eigenvalue weighted by Gasteiger charge is -2.33. The first-order chi connectivity index (χ1) is 22.5. The number of carbonyl (C=O) groups excluding carboxylic acids is 3. The minimum atomic E-state index is -0.844. The van der Waals surface area contributed by atoms with E-state index in [-0.39, 0.29) is 42.8 Å². The molecule has 2 aliphatic carbocycles. The maximum absolute atomic E-state index is 14.7. The van der Waals surface area contributed by atoms with Gasteiger partial charge in [-0.3, -0.25) is 9.59 Å². The summed E-state index contributed by atoms with van der Waals surface area (Å²) >= 11 is 0. The first-order valence-electron chi connectivity index (χ1n) is 17.8. The van der Waals surface area contributed by atoms with Crippen molar-refractivity contribution in [2.75, 3.05) is 13.7 Å². The van der Waals surface area contributed by atoms with E-state index in [0.29, 0.717) is 35.9 Å². The van der Waals surface area contributed by atoms with Gasteiger partial charge in [0.15, 0.2) is 0 Å². The molecule has 1 amide bonds. The number of hydrogen-bond acceptors (Lipinski definition) is 9. The van der Waals surface area contributed by atoms with E-state index in [1.54, 1.807) is 12.0 Å². The Morgan fingerprint density at radius 2 is 1.70 bits per heavy atom. The number of amides is 1. The van der Waals surface area contributed by atoms with E-state index in [9.17, 15) is 14.4 Å². The van der Waals surface area contributed by atoms with Crippen LogP contribution in [0.4, 0.5) is 0 Å². The monoisotopic (exact) mass is 649 g/mol. The second-order valence-electron chi connectivity index (χ2n) is 15.0. The Morgan fingerprint density at radius 3 is 2.43 bits per heavy atom. The van der Waals surface area contributed by atoms with Crippen LogP contribution in [0.25, 0.3) is 11.0 Å². The van der Waals surface area contributed by atoms with E-state index >= 15 is 0 Å². The fraction of sp³-hybridized carbons (Fsp3) is 0.703. The Balaban J connectivity index is 1.39. The van der Waals surface area contributed by atoms with E-state index in [4.69, 9.17) is 28.9 Å². The van der Waals surface area contributed by atoms with Gasteiger partial charge >= 0.3 is 11.9 Å². The van der Waals surface area contributed by atoms with Crippen molar-refractivity contribution in [2.24, 2.45) is 23.7 Å². The normalized spacial score (nSPS) is 29.3. The van der Waals surface area contributed by atoms with Crippen molar-refractivity contribution in [3.8, 4) is 11.6 Å². The summed E-state index contributed by atoms with van der Waals surface area (Å²) in [7, 11) is 1.62. The summed E-state index contributed by atoms with van der Waals surface area (Å²) in [6.07, 6.45) is 9.46. The molecule has 0 N–H and O–H groups in total. The lowest BCUT2D eigenvalue weighted by molar-refractivity contribution is -0.166. The van der Waals surface area contributed by atoms with Gasteiger partial charge in [0.05, 0.1) is 37.0 Å². The maximum Gasteiger partial charge on any atom is 0.329 e. The number of fused-ring (bicyclic) bond motifs is 5. The highest BCUT2D eigenvalue weighted by Crippen LogP contribution is 2.42. The number of methoxy groups -OCH3 is 1. The standard InChI is InChI=1S/C37H51N3O7/c1-6-25-31-21-40(33(25)36(43)47-37(2,3)4)35(42)26(22-12-10-11-13-22)20-32(41)45-30-18-23(30)14-8-7-9-15-28-34(46-31)39-29-19-24(44-5)16-17-27(29)38-28/h16-17,19,22-23,25-26,30-31,33H,6-15,18,20-21H2,1-5H3/t23-,25-,26+,30-,31+,33+/m1/s1. The molecule has 47 heavy (non-hydrogen) atoms. The highest BCUT2D eigenvalue weighted by Gasteiger charge is 2.52. The quantitative estimate of drug-likeness (QED) is 0.357. The Labute approximate surface area is 278 Å². The van der Waals surface area contributed by atoms with E-state index in [0.717, 1.165) is 69.0 Å². The third-order valence-electron chi connectivity index (χ3n) is 10.5. The van der Waals surface area contributed by atoms with Crippen LogP contribution in [-0.4, -0.2) is 70.2 Å². The minimum absolute atomic E-state index is 0.0364. The van der Waals surface area contributed by atoms with Gasteiger partial charge in [0, 0.05) is 12.0 Å². The molecule has 4 aliphatic rings. The SMILES string of the molecule is CC[C@@H]1[C@@H]2CN(C(=O)[C@H](C3CCCC3)CC(=O)O[C@@H]3C[C@H]3CCCCCc3nc4ccc(OC)cc4nc3O2)[C@@H]1C(=O)OC(C)(C)C. The van der Waals surface area contributed by atoms with Crippen molar-refractivity contribution >= 4 is 28.9 Å². The highest BCUT2D eigenvalue weighted by molar-refractivity contribution is 5.89. The molecule has 10 nitrogen and oxygen atoms in total. The molecular weight excluding hydrogens is 598 g/mol. The number of carbonyl (C=O) groups is 3. The lowest BCUT2D eigenvalue weighted by Crippen LogP contribution is -2.49. The van der Waals surface area contributed by atoms with Gasteiger partial charge < -0.3 is 23.8 Å². The van der Waals surface area contributed by atoms with Crippen LogP contribution in [0.1, 0.15) is 104 Å². The third kappa shape index (κ3) is 7.67. The summed E-state index contributed by atoms with van der Waals surface area (Å²) in [6, 6.07) is 4.79. The molecule has 10 heteroatoms. The van der Waals surface area contributed by atoms with Crippen molar-refractivity contribution in [2.45, 2.75) is 129 Å². The predicted molar refractivity (Wildman–Crippen MR) is 176 cm³/mol. The molecule has 0 spiro atoms. The van der Waals surface area contributed by atoms with E-state index < -0.39 is 29.6 Å².